The third-order valence-corrected chi connectivity index (χ3v) is 6.53. The second-order valence-electron chi connectivity index (χ2n) is 9.93. The van der Waals surface area contributed by atoms with Gasteiger partial charge in [0.15, 0.2) is 0 Å². The molecule has 3 aromatic rings. The van der Waals surface area contributed by atoms with Gasteiger partial charge in [-0.2, -0.15) is 0 Å². The highest BCUT2D eigenvalue weighted by atomic mass is 15.1. The molecule has 0 radical (unpaired) electrons. The van der Waals surface area contributed by atoms with E-state index in [9.17, 15) is 0 Å². The molecule has 3 rings (SSSR count). The van der Waals surface area contributed by atoms with E-state index in [0.717, 1.165) is 39.3 Å². The molecule has 0 heterocycles. The van der Waals surface area contributed by atoms with E-state index in [1.807, 2.05) is 0 Å². The second kappa shape index (κ2) is 14.7. The van der Waals surface area contributed by atoms with E-state index >= 15 is 0 Å². The van der Waals surface area contributed by atoms with Crippen molar-refractivity contribution in [3.63, 3.8) is 0 Å². The minimum Gasteiger partial charge on any atom is -0.302 e. The molecule has 1 atom stereocenters. The highest BCUT2D eigenvalue weighted by Crippen LogP contribution is 2.17. The Bertz CT molecular complexity index is 898. The summed E-state index contributed by atoms with van der Waals surface area (Å²) in [5, 5.41) is 0. The van der Waals surface area contributed by atoms with Gasteiger partial charge in [0, 0.05) is 26.2 Å². The molecule has 0 saturated carbocycles. The van der Waals surface area contributed by atoms with Crippen molar-refractivity contribution in [1.82, 2.24) is 14.7 Å². The van der Waals surface area contributed by atoms with E-state index in [1.54, 1.807) is 0 Å². The van der Waals surface area contributed by atoms with Crippen LogP contribution in [0.5, 0.6) is 0 Å². The minimum absolute atomic E-state index is 0.706. The summed E-state index contributed by atoms with van der Waals surface area (Å²) in [5.74, 6) is 0.706. The largest absolute Gasteiger partial charge is 0.302 e. The smallest absolute Gasteiger partial charge is 0.0230 e. The van der Waals surface area contributed by atoms with Crippen LogP contribution in [0.25, 0.3) is 0 Å². The van der Waals surface area contributed by atoms with Gasteiger partial charge in [0.1, 0.15) is 0 Å². The lowest BCUT2D eigenvalue weighted by Crippen LogP contribution is -2.29. The van der Waals surface area contributed by atoms with E-state index in [1.165, 1.54) is 36.0 Å². The summed E-state index contributed by atoms with van der Waals surface area (Å²) in [6, 6.07) is 32.5. The first kappa shape index (κ1) is 26.2. The SMILES string of the molecule is CN(CCCC(CCN(C)Cc1ccccc1)CN(C)Cc1ccccc1)Cc1ccccc1. The summed E-state index contributed by atoms with van der Waals surface area (Å²) < 4.78 is 0. The maximum Gasteiger partial charge on any atom is 0.0230 e. The minimum atomic E-state index is 0.706. The Morgan fingerprint density at radius 1 is 0.500 bits per heavy atom. The van der Waals surface area contributed by atoms with Gasteiger partial charge < -0.3 is 14.7 Å². The maximum absolute atomic E-state index is 2.50. The zero-order valence-corrected chi connectivity index (χ0v) is 21.4. The first-order valence-electron chi connectivity index (χ1n) is 12.8. The van der Waals surface area contributed by atoms with Crippen LogP contribution in [-0.2, 0) is 19.6 Å². The van der Waals surface area contributed by atoms with Crippen LogP contribution in [0.1, 0.15) is 36.0 Å². The first-order valence-corrected chi connectivity index (χ1v) is 12.8. The molecule has 3 nitrogen and oxygen atoms in total. The fourth-order valence-corrected chi connectivity index (χ4v) is 4.73. The first-order chi connectivity index (χ1) is 16.6. The molecule has 3 aromatic carbocycles. The van der Waals surface area contributed by atoms with Crippen LogP contribution in [0.15, 0.2) is 91.0 Å². The third kappa shape index (κ3) is 10.2. The van der Waals surface area contributed by atoms with Crippen LogP contribution in [-0.4, -0.2) is 55.5 Å². The third-order valence-electron chi connectivity index (χ3n) is 6.53. The van der Waals surface area contributed by atoms with Gasteiger partial charge in [-0.05, 0) is 76.1 Å². The quantitative estimate of drug-likeness (QED) is 0.270. The molecule has 182 valence electrons. The molecule has 0 aliphatic rings. The molecular weight excluding hydrogens is 414 g/mol. The van der Waals surface area contributed by atoms with Gasteiger partial charge >= 0.3 is 0 Å². The summed E-state index contributed by atoms with van der Waals surface area (Å²) in [5.41, 5.74) is 4.18. The van der Waals surface area contributed by atoms with Gasteiger partial charge in [0.05, 0.1) is 0 Å². The average Bonchev–Trinajstić information content (AvgIpc) is 2.84. The van der Waals surface area contributed by atoms with Crippen molar-refractivity contribution in [3.8, 4) is 0 Å². The number of nitrogens with zero attached hydrogens (tertiary/aromatic N) is 3. The lowest BCUT2D eigenvalue weighted by atomic mass is 9.97. The summed E-state index contributed by atoms with van der Waals surface area (Å²) >= 11 is 0. The normalized spacial score (nSPS) is 12.5. The molecule has 0 aliphatic carbocycles. The predicted molar refractivity (Wildman–Crippen MR) is 146 cm³/mol. The molecule has 0 spiro atoms. The molecule has 0 bridgehead atoms. The molecule has 34 heavy (non-hydrogen) atoms. The molecule has 0 N–H and O–H groups in total. The topological polar surface area (TPSA) is 9.72 Å². The van der Waals surface area contributed by atoms with E-state index < -0.39 is 0 Å². The zero-order valence-electron chi connectivity index (χ0n) is 21.4. The highest BCUT2D eigenvalue weighted by molar-refractivity contribution is 5.15. The lowest BCUT2D eigenvalue weighted by Gasteiger charge is -2.27. The van der Waals surface area contributed by atoms with Gasteiger partial charge in [-0.3, -0.25) is 0 Å². The Hall–Kier alpha value is -2.46. The van der Waals surface area contributed by atoms with Gasteiger partial charge in [0.2, 0.25) is 0 Å². The average molecular weight is 458 g/mol. The molecule has 0 amide bonds. The van der Waals surface area contributed by atoms with Crippen molar-refractivity contribution in [2.75, 3.05) is 40.8 Å². The molecule has 0 saturated heterocycles. The monoisotopic (exact) mass is 457 g/mol. The second-order valence-corrected chi connectivity index (χ2v) is 9.93. The fraction of sp³-hybridized carbons (Fsp3) is 0.419. The Morgan fingerprint density at radius 3 is 1.38 bits per heavy atom. The number of hydrogen-bond donors (Lipinski definition) is 0. The maximum atomic E-state index is 2.50. The molecule has 3 heteroatoms. The van der Waals surface area contributed by atoms with Crippen LogP contribution < -0.4 is 0 Å². The van der Waals surface area contributed by atoms with Crippen LogP contribution in [0.3, 0.4) is 0 Å². The van der Waals surface area contributed by atoms with Crippen molar-refractivity contribution in [2.45, 2.75) is 38.9 Å². The zero-order chi connectivity index (χ0) is 24.0. The van der Waals surface area contributed by atoms with Gasteiger partial charge in [-0.25, -0.2) is 0 Å². The Kier molecular flexibility index (Phi) is 11.3. The highest BCUT2D eigenvalue weighted by Gasteiger charge is 2.14. The predicted octanol–water partition coefficient (Wildman–Crippen LogP) is 6.17. The Balaban J connectivity index is 1.48. The summed E-state index contributed by atoms with van der Waals surface area (Å²) in [6.07, 6.45) is 3.76. The number of hydrogen-bond acceptors (Lipinski definition) is 3. The van der Waals surface area contributed by atoms with Crippen molar-refractivity contribution >= 4 is 0 Å². The van der Waals surface area contributed by atoms with E-state index in [2.05, 4.69) is 127 Å². The summed E-state index contributed by atoms with van der Waals surface area (Å²) in [4.78, 5) is 7.44. The van der Waals surface area contributed by atoms with Crippen LogP contribution in [0.4, 0.5) is 0 Å². The number of rotatable bonds is 15. The Morgan fingerprint density at radius 2 is 0.912 bits per heavy atom. The standard InChI is InChI=1S/C31H43N3/c1-32(24-28-14-7-4-8-15-28)22-13-20-31(27-34(3)26-30-18-11-6-12-19-30)21-23-33(2)25-29-16-9-5-10-17-29/h4-12,14-19,31H,13,20-27H2,1-3H3. The molecule has 0 aliphatic heterocycles. The van der Waals surface area contributed by atoms with Crippen LogP contribution in [0, 0.1) is 5.92 Å². The molecular formula is C31H43N3. The Labute approximate surface area is 208 Å². The van der Waals surface area contributed by atoms with Crippen molar-refractivity contribution < 1.29 is 0 Å². The van der Waals surface area contributed by atoms with Crippen LogP contribution in [0.2, 0.25) is 0 Å². The summed E-state index contributed by atoms with van der Waals surface area (Å²) in [7, 11) is 6.78. The van der Waals surface area contributed by atoms with Crippen molar-refractivity contribution in [2.24, 2.45) is 5.92 Å². The fourth-order valence-electron chi connectivity index (χ4n) is 4.73. The number of benzene rings is 3. The van der Waals surface area contributed by atoms with Crippen molar-refractivity contribution in [3.05, 3.63) is 108 Å². The van der Waals surface area contributed by atoms with Gasteiger partial charge in [-0.1, -0.05) is 91.0 Å². The van der Waals surface area contributed by atoms with Crippen molar-refractivity contribution in [1.29, 1.82) is 0 Å². The van der Waals surface area contributed by atoms with E-state index in [-0.39, 0.29) is 0 Å². The lowest BCUT2D eigenvalue weighted by molar-refractivity contribution is 0.214. The molecule has 0 fully saturated rings. The van der Waals surface area contributed by atoms with Crippen LogP contribution >= 0.6 is 0 Å². The van der Waals surface area contributed by atoms with E-state index in [0.29, 0.717) is 5.92 Å². The molecule has 1 unspecified atom stereocenters. The van der Waals surface area contributed by atoms with Gasteiger partial charge in [-0.15, -0.1) is 0 Å². The summed E-state index contributed by atoms with van der Waals surface area (Å²) in [6.45, 7) is 6.50. The molecule has 0 aromatic heterocycles. The van der Waals surface area contributed by atoms with E-state index in [4.69, 9.17) is 0 Å². The van der Waals surface area contributed by atoms with Gasteiger partial charge in [0.25, 0.3) is 0 Å².